The van der Waals surface area contributed by atoms with E-state index in [0.717, 1.165) is 36.8 Å². The summed E-state index contributed by atoms with van der Waals surface area (Å²) < 4.78 is 62.8. The van der Waals surface area contributed by atoms with E-state index in [1.807, 2.05) is 36.4 Å². The number of unbranched alkanes of at least 4 members (excludes halogenated alkanes) is 7. The average molecular weight is 471 g/mol. The van der Waals surface area contributed by atoms with Crippen LogP contribution in [-0.2, 0) is 30.8 Å². The maximum absolute atomic E-state index is 11.9. The van der Waals surface area contributed by atoms with E-state index in [1.54, 1.807) is 6.07 Å². The van der Waals surface area contributed by atoms with Crippen molar-refractivity contribution in [3.63, 3.8) is 0 Å². The third-order valence-electron chi connectivity index (χ3n) is 4.84. The van der Waals surface area contributed by atoms with Crippen molar-refractivity contribution in [3.8, 4) is 16.9 Å². The fraction of sp³-hybridized carbons (Fsp3) is 0.455. The van der Waals surface area contributed by atoms with Gasteiger partial charge in [0.05, 0.1) is 0 Å². The molecule has 7 nitrogen and oxygen atoms in total. The van der Waals surface area contributed by atoms with Crippen LogP contribution >= 0.6 is 0 Å². The predicted octanol–water partition coefficient (Wildman–Crippen LogP) is 5.48. The molecule has 2 aromatic rings. The topological polar surface area (TPSA) is 107 Å². The van der Waals surface area contributed by atoms with Crippen molar-refractivity contribution in [2.45, 2.75) is 64.7 Å². The summed E-state index contributed by atoms with van der Waals surface area (Å²) in [7, 11) is -10.2. The number of hydrogen-bond donors (Lipinski definition) is 1. The zero-order valence-electron chi connectivity index (χ0n) is 17.7. The monoisotopic (exact) mass is 470 g/mol. The first-order chi connectivity index (χ1) is 14.7. The number of hydrogen-bond acceptors (Lipinski definition) is 6. The van der Waals surface area contributed by atoms with Crippen molar-refractivity contribution >= 4 is 20.8 Å². The largest absolute Gasteiger partial charge is 0.465 e. The van der Waals surface area contributed by atoms with Crippen molar-refractivity contribution in [2.24, 2.45) is 0 Å². The van der Waals surface area contributed by atoms with Gasteiger partial charge in [-0.15, -0.1) is 0 Å². The van der Waals surface area contributed by atoms with Crippen LogP contribution in [0.5, 0.6) is 5.75 Å². The summed E-state index contributed by atoms with van der Waals surface area (Å²) in [6.07, 6.45) is 10.1. The van der Waals surface area contributed by atoms with Crippen LogP contribution in [0.15, 0.2) is 48.5 Å². The summed E-state index contributed by atoms with van der Waals surface area (Å²) in [5.74, 6) is -0.0630. The Balaban J connectivity index is 2.16. The second kappa shape index (κ2) is 12.2. The van der Waals surface area contributed by atoms with Gasteiger partial charge in [0.25, 0.3) is 0 Å². The molecular formula is C22H30O7S2. The molecule has 0 aliphatic rings. The van der Waals surface area contributed by atoms with Gasteiger partial charge in [-0.05, 0) is 30.0 Å². The molecule has 0 aliphatic heterocycles. The van der Waals surface area contributed by atoms with Gasteiger partial charge in [0.2, 0.25) is 0 Å². The van der Waals surface area contributed by atoms with Gasteiger partial charge >= 0.3 is 20.8 Å². The molecule has 0 amide bonds. The van der Waals surface area contributed by atoms with Crippen molar-refractivity contribution < 1.29 is 29.2 Å². The van der Waals surface area contributed by atoms with Gasteiger partial charge in [0.15, 0.2) is 5.75 Å². The molecule has 31 heavy (non-hydrogen) atoms. The lowest BCUT2D eigenvalue weighted by Crippen LogP contribution is -2.18. The van der Waals surface area contributed by atoms with E-state index in [4.69, 9.17) is 8.74 Å². The summed E-state index contributed by atoms with van der Waals surface area (Å²) in [5.41, 5.74) is 2.17. The Hall–Kier alpha value is -1.94. The van der Waals surface area contributed by atoms with Crippen LogP contribution in [0.3, 0.4) is 0 Å². The second-order valence-corrected chi connectivity index (χ2v) is 9.75. The van der Waals surface area contributed by atoms with Crippen molar-refractivity contribution in [2.75, 3.05) is 0 Å². The van der Waals surface area contributed by atoms with Crippen LogP contribution in [0.4, 0.5) is 0 Å². The third kappa shape index (κ3) is 9.39. The Morgan fingerprint density at radius 3 is 2.00 bits per heavy atom. The lowest BCUT2D eigenvalue weighted by atomic mass is 9.94. The smallest absolute Gasteiger partial charge is 0.360 e. The van der Waals surface area contributed by atoms with Crippen LogP contribution in [0, 0.1) is 0 Å². The molecule has 0 bridgehead atoms. The Morgan fingerprint density at radius 1 is 0.774 bits per heavy atom. The van der Waals surface area contributed by atoms with Crippen molar-refractivity contribution in [1.29, 1.82) is 0 Å². The quantitative estimate of drug-likeness (QED) is 0.288. The molecule has 2 aromatic carbocycles. The minimum absolute atomic E-state index is 0.0630. The maximum atomic E-state index is 11.9. The number of aryl methyl sites for hydroxylation is 1. The minimum Gasteiger partial charge on any atom is -0.360 e. The SMILES string of the molecule is CCCCCCCCCCc1cccc(OS(=O)(=O)OS(=O)(=O)O)c1-c1ccccc1. The molecule has 0 saturated heterocycles. The van der Waals surface area contributed by atoms with E-state index in [1.165, 1.54) is 38.2 Å². The van der Waals surface area contributed by atoms with Gasteiger partial charge in [-0.3, -0.25) is 4.55 Å². The van der Waals surface area contributed by atoms with Gasteiger partial charge in [-0.2, -0.15) is 16.8 Å². The molecule has 0 fully saturated rings. The average Bonchev–Trinajstić information content (AvgIpc) is 2.68. The molecule has 0 aliphatic carbocycles. The summed E-state index contributed by atoms with van der Waals surface area (Å²) in [6, 6.07) is 14.1. The van der Waals surface area contributed by atoms with Gasteiger partial charge in [-0.25, -0.2) is 0 Å². The van der Waals surface area contributed by atoms with E-state index in [9.17, 15) is 16.8 Å². The van der Waals surface area contributed by atoms with Crippen LogP contribution in [-0.4, -0.2) is 21.4 Å². The highest BCUT2D eigenvalue weighted by Gasteiger charge is 2.25. The predicted molar refractivity (Wildman–Crippen MR) is 120 cm³/mol. The first kappa shape index (κ1) is 25.3. The molecule has 1 N–H and O–H groups in total. The standard InChI is InChI=1S/C22H30O7S2/c1-2-3-4-5-6-7-8-10-14-20-17-13-18-21(22(20)19-15-11-9-12-16-19)28-31(26,27)29-30(23,24)25/h9,11-13,15-18H,2-8,10,14H2,1H3,(H,23,24,25). The molecule has 9 heteroatoms. The van der Waals surface area contributed by atoms with Gasteiger partial charge in [0, 0.05) is 5.56 Å². The van der Waals surface area contributed by atoms with Crippen LogP contribution in [0.25, 0.3) is 11.1 Å². The highest BCUT2D eigenvalue weighted by atomic mass is 32.3. The molecule has 2 rings (SSSR count). The lowest BCUT2D eigenvalue weighted by molar-refractivity contribution is 0.348. The highest BCUT2D eigenvalue weighted by Crippen LogP contribution is 2.35. The number of benzene rings is 2. The highest BCUT2D eigenvalue weighted by molar-refractivity contribution is 7.95. The van der Waals surface area contributed by atoms with Crippen molar-refractivity contribution in [3.05, 3.63) is 54.1 Å². The molecule has 0 heterocycles. The fourth-order valence-corrected chi connectivity index (χ4v) is 4.78. The molecule has 0 saturated carbocycles. The number of rotatable bonds is 14. The Labute approximate surface area is 185 Å². The summed E-state index contributed by atoms with van der Waals surface area (Å²) in [4.78, 5) is 0. The van der Waals surface area contributed by atoms with Gasteiger partial charge in [-0.1, -0.05) is 98.0 Å². The normalized spacial score (nSPS) is 12.1. The summed E-state index contributed by atoms with van der Waals surface area (Å²) >= 11 is 0. The van der Waals surface area contributed by atoms with E-state index in [-0.39, 0.29) is 5.75 Å². The second-order valence-electron chi connectivity index (χ2n) is 7.37. The first-order valence-electron chi connectivity index (χ1n) is 10.5. The van der Waals surface area contributed by atoms with Gasteiger partial charge in [0.1, 0.15) is 0 Å². The minimum atomic E-state index is -5.23. The maximum Gasteiger partial charge on any atom is 0.465 e. The molecule has 0 unspecified atom stereocenters. The molecule has 0 aromatic heterocycles. The zero-order valence-corrected chi connectivity index (χ0v) is 19.3. The van der Waals surface area contributed by atoms with Crippen LogP contribution in [0.1, 0.15) is 63.9 Å². The fourth-order valence-electron chi connectivity index (χ4n) is 3.47. The van der Waals surface area contributed by atoms with E-state index in [0.29, 0.717) is 5.56 Å². The van der Waals surface area contributed by atoms with E-state index in [2.05, 4.69) is 10.6 Å². The van der Waals surface area contributed by atoms with Crippen LogP contribution in [0.2, 0.25) is 0 Å². The molecule has 172 valence electrons. The zero-order chi connectivity index (χ0) is 22.7. The first-order valence-corrected chi connectivity index (χ1v) is 13.2. The molecule has 0 atom stereocenters. The summed E-state index contributed by atoms with van der Waals surface area (Å²) in [6.45, 7) is 2.20. The Bertz CT molecular complexity index is 1020. The summed E-state index contributed by atoms with van der Waals surface area (Å²) in [5, 5.41) is 0. The third-order valence-corrected chi connectivity index (χ3v) is 6.57. The van der Waals surface area contributed by atoms with E-state index < -0.39 is 20.8 Å². The molecule has 0 radical (unpaired) electrons. The lowest BCUT2D eigenvalue weighted by Gasteiger charge is -2.15. The van der Waals surface area contributed by atoms with Crippen molar-refractivity contribution in [1.82, 2.24) is 0 Å². The molecular weight excluding hydrogens is 440 g/mol. The van der Waals surface area contributed by atoms with Gasteiger partial charge < -0.3 is 4.18 Å². The van der Waals surface area contributed by atoms with E-state index >= 15 is 0 Å². The molecule has 0 spiro atoms. The van der Waals surface area contributed by atoms with Crippen LogP contribution < -0.4 is 4.18 Å². The Kier molecular flexibility index (Phi) is 9.95. The Morgan fingerprint density at radius 2 is 1.39 bits per heavy atom.